The number of carbonyl (C=O) groups excluding carboxylic acids is 5. The highest BCUT2D eigenvalue weighted by Crippen LogP contribution is 2.47. The van der Waals surface area contributed by atoms with Crippen LogP contribution in [0.1, 0.15) is 133 Å². The van der Waals surface area contributed by atoms with Crippen LogP contribution in [-0.4, -0.2) is 207 Å². The third-order valence-electron chi connectivity index (χ3n) is 20.8. The number of hydrogen-bond acceptors (Lipinski definition) is 15. The van der Waals surface area contributed by atoms with E-state index in [9.17, 15) is 93.5 Å². The van der Waals surface area contributed by atoms with Crippen LogP contribution in [-0.2, 0) is 62.4 Å². The summed E-state index contributed by atoms with van der Waals surface area (Å²) >= 11 is 0. The Bertz CT molecular complexity index is 4500. The number of amides is 3. The molecule has 9 heterocycles. The Labute approximate surface area is 598 Å². The highest BCUT2D eigenvalue weighted by atomic mass is 32.2. The first kappa shape index (κ1) is 79.2. The number of nitrogens with zero attached hydrogens (tertiary/aromatic N) is 9. The number of hydrogen-bond donors (Lipinski definition) is 0. The van der Waals surface area contributed by atoms with Crippen LogP contribution in [0.5, 0.6) is 17.2 Å². The van der Waals surface area contributed by atoms with E-state index < -0.39 is 95.2 Å². The molecule has 0 radical (unpaired) electrons. The molecule has 0 N–H and O–H groups in total. The van der Waals surface area contributed by atoms with Crippen LogP contribution >= 0.6 is 0 Å². The normalized spacial score (nSPS) is 18.5. The lowest BCUT2D eigenvalue weighted by molar-refractivity contribution is -0.144. The smallest absolute Gasteiger partial charge is 0.493 e. The number of alkyl halides is 12. The van der Waals surface area contributed by atoms with Crippen molar-refractivity contribution in [3.63, 3.8) is 0 Å². The number of likely N-dealkylation sites (tertiary alicyclic amines) is 3. The summed E-state index contributed by atoms with van der Waals surface area (Å²) in [5.74, 6) is -3.73. The molecule has 0 aliphatic carbocycles. The lowest BCUT2D eigenvalue weighted by atomic mass is 9.81. The number of Topliss-reactive ketones (excluding diaryl/α,β-unsaturated/α-hetero) is 2. The molecular formula is C70H79F12N9O12S2. The number of aryl methyl sites for hydroxylation is 1. The summed E-state index contributed by atoms with van der Waals surface area (Å²) in [5, 5.41) is 0. The minimum absolute atomic E-state index is 0.0890. The van der Waals surface area contributed by atoms with Gasteiger partial charge in [-0.05, 0) is 175 Å². The van der Waals surface area contributed by atoms with Gasteiger partial charge in [-0.25, -0.2) is 8.42 Å². The van der Waals surface area contributed by atoms with E-state index >= 15 is 0 Å². The van der Waals surface area contributed by atoms with E-state index in [1.807, 2.05) is 39.9 Å². The Morgan fingerprint density at radius 1 is 0.476 bits per heavy atom. The molecular weight excluding hydrogens is 1450 g/mol. The maximum Gasteiger partial charge on any atom is 0.534 e. The van der Waals surface area contributed by atoms with Gasteiger partial charge in [0, 0.05) is 119 Å². The topological polar surface area (TPSA) is 216 Å². The van der Waals surface area contributed by atoms with Gasteiger partial charge in [-0.15, -0.1) is 0 Å². The van der Waals surface area contributed by atoms with Gasteiger partial charge in [-0.2, -0.15) is 61.1 Å². The average Bonchev–Trinajstić information content (AvgIpc) is 1.68. The Morgan fingerprint density at radius 2 is 0.857 bits per heavy atom. The number of benzene rings is 3. The van der Waals surface area contributed by atoms with Gasteiger partial charge in [-0.3, -0.25) is 38.7 Å². The lowest BCUT2D eigenvalue weighted by Gasteiger charge is -2.50. The summed E-state index contributed by atoms with van der Waals surface area (Å²) in [7, 11) is -2.00. The number of fused-ring (bicyclic) bond motifs is 6. The number of piperidine rings is 3. The van der Waals surface area contributed by atoms with Crippen LogP contribution in [0.15, 0.2) is 102 Å². The van der Waals surface area contributed by atoms with Crippen LogP contribution < -0.4 is 13.7 Å². The minimum Gasteiger partial charge on any atom is -0.493 e. The fraction of sp³-hybridized carbons (Fsp3) is 0.500. The first-order valence-electron chi connectivity index (χ1n) is 33.5. The van der Waals surface area contributed by atoms with E-state index in [2.05, 4.69) is 14.0 Å². The highest BCUT2D eigenvalue weighted by Gasteiger charge is 2.53. The van der Waals surface area contributed by atoms with E-state index in [-0.39, 0.29) is 54.1 Å². The fourth-order valence-corrected chi connectivity index (χ4v) is 16.6. The van der Waals surface area contributed by atoms with E-state index in [1.165, 1.54) is 56.0 Å². The SMILES string of the molecule is CN1CCn2c(C(=O)C(F)(F)F)ccc2C12CCN(C(=O)c1ccc(OS(=O)(=O)C(F)(F)F)cc1)CC2.COc1cc(C(=O)N2CCC3(CC2)c2ccc(C(=O)C(F)(F)F)n2CCN3C)ccc1OCC(C)C.Cc1cc(C(=O)N2CCC3(CC2)c2ccc(C(F)(F)F)n2CCN3C)ccc1S(C)(=O)=O. The van der Waals surface area contributed by atoms with E-state index in [4.69, 9.17) is 9.47 Å². The number of likely N-dealkylation sites (N-methyl/N-ethyl adjacent to an activating group) is 3. The molecule has 3 fully saturated rings. The number of rotatable bonds is 12. The maximum atomic E-state index is 13.4. The third-order valence-corrected chi connectivity index (χ3v) is 23.1. The summed E-state index contributed by atoms with van der Waals surface area (Å²) in [4.78, 5) is 74.5. The highest BCUT2D eigenvalue weighted by molar-refractivity contribution is 7.90. The number of aromatic nitrogens is 3. The molecule has 12 rings (SSSR count). The Morgan fingerprint density at radius 3 is 1.24 bits per heavy atom. The van der Waals surface area contributed by atoms with Gasteiger partial charge in [0.1, 0.15) is 11.4 Å². The molecule has 6 aliphatic rings. The summed E-state index contributed by atoms with van der Waals surface area (Å²) in [5.41, 5.74) is -5.34. The lowest BCUT2D eigenvalue weighted by Crippen LogP contribution is -2.56. The molecule has 6 aliphatic heterocycles. The van der Waals surface area contributed by atoms with Crippen LogP contribution in [0.4, 0.5) is 52.7 Å². The summed E-state index contributed by atoms with van der Waals surface area (Å²) in [6.45, 7) is 10.6. The van der Waals surface area contributed by atoms with Gasteiger partial charge in [0.2, 0.25) is 0 Å². The molecule has 35 heteroatoms. The second-order valence-electron chi connectivity index (χ2n) is 27.5. The van der Waals surface area contributed by atoms with Gasteiger partial charge in [0.25, 0.3) is 29.3 Å². The average molecular weight is 1530 g/mol. The Kier molecular flexibility index (Phi) is 22.2. The molecule has 0 saturated carbocycles. The number of halogens is 12. The van der Waals surface area contributed by atoms with E-state index in [0.29, 0.717) is 149 Å². The molecule has 3 spiro atoms. The largest absolute Gasteiger partial charge is 0.534 e. The van der Waals surface area contributed by atoms with Crippen molar-refractivity contribution < 1.29 is 107 Å². The third kappa shape index (κ3) is 15.7. The van der Waals surface area contributed by atoms with Crippen molar-refractivity contribution >= 4 is 49.2 Å². The molecule has 572 valence electrons. The quantitative estimate of drug-likeness (QED) is 0.0482. The second-order valence-corrected chi connectivity index (χ2v) is 31.0. The van der Waals surface area contributed by atoms with Crippen LogP contribution in [0.3, 0.4) is 0 Å². The molecule has 3 saturated heterocycles. The van der Waals surface area contributed by atoms with Crippen LogP contribution in [0, 0.1) is 12.8 Å². The number of methoxy groups -OCH3 is 1. The fourth-order valence-electron chi connectivity index (χ4n) is 15.2. The number of sulfone groups is 1. The van der Waals surface area contributed by atoms with Gasteiger partial charge in [0.05, 0.1) is 46.6 Å². The number of ketones is 2. The standard InChI is InChI=1S/C26H32F3N3O4.C22H21F6N3O5S.C22H26F3N3O3S/c1-17(2)16-36-20-7-5-18(15-21(20)35-4)24(34)31-11-9-25(10-12-31)22-8-6-19(23(33)26(27,28)29)32(22)14-13-30(25)3;1-29-12-13-31-16(18(32)21(23,24)25)6-7-17(31)20(29)8-10-30(11-9-20)19(33)14-2-4-15(5-3-14)36-37(34,35)22(26,27)28;1-15-14-16(4-5-17(15)32(3,30)31)20(29)27-10-8-21(9-11-27)18-6-7-19(22(23,24)25)28(18)13-12-26(21)2/h5-8,15,17H,9-14,16H2,1-4H3;2-7H,8-13H2,1H3;4-7,14H,8-13H2,1-3H3. The van der Waals surface area contributed by atoms with E-state index in [1.54, 1.807) is 53.1 Å². The first-order chi connectivity index (χ1) is 48.9. The summed E-state index contributed by atoms with van der Waals surface area (Å²) in [6.07, 6.45) is -10.3. The van der Waals surface area contributed by atoms with Crippen molar-refractivity contribution in [3.8, 4) is 17.2 Å². The molecule has 3 aromatic carbocycles. The molecule has 0 bridgehead atoms. The van der Waals surface area contributed by atoms with Crippen molar-refractivity contribution in [1.82, 2.24) is 43.1 Å². The first-order valence-corrected chi connectivity index (χ1v) is 36.8. The molecule has 3 aromatic heterocycles. The van der Waals surface area contributed by atoms with Gasteiger partial charge < -0.3 is 42.1 Å². The van der Waals surface area contributed by atoms with Crippen molar-refractivity contribution in [2.24, 2.45) is 5.92 Å². The molecule has 0 atom stereocenters. The summed E-state index contributed by atoms with van der Waals surface area (Å²) in [6, 6.07) is 22.1. The Hall–Kier alpha value is -8.41. The number of ether oxygens (including phenoxy) is 2. The zero-order valence-corrected chi connectivity index (χ0v) is 60.2. The van der Waals surface area contributed by atoms with Crippen molar-refractivity contribution in [1.29, 1.82) is 0 Å². The van der Waals surface area contributed by atoms with Gasteiger partial charge >= 0.3 is 34.2 Å². The predicted octanol–water partition coefficient (Wildman–Crippen LogP) is 11.2. The van der Waals surface area contributed by atoms with E-state index in [0.717, 1.165) is 36.6 Å². The molecule has 6 aromatic rings. The zero-order valence-electron chi connectivity index (χ0n) is 58.5. The van der Waals surface area contributed by atoms with Crippen molar-refractivity contribution in [2.45, 2.75) is 124 Å². The Balaban J connectivity index is 0.000000169. The molecule has 3 amide bonds. The zero-order chi connectivity index (χ0) is 77.1. The summed E-state index contributed by atoms with van der Waals surface area (Å²) < 4.78 is 222. The van der Waals surface area contributed by atoms with Crippen LogP contribution in [0.25, 0.3) is 0 Å². The minimum atomic E-state index is -5.85. The van der Waals surface area contributed by atoms with Crippen molar-refractivity contribution in [2.75, 3.05) is 100 Å². The van der Waals surface area contributed by atoms with Gasteiger partial charge in [0.15, 0.2) is 21.3 Å². The predicted molar refractivity (Wildman–Crippen MR) is 357 cm³/mol. The monoisotopic (exact) mass is 1530 g/mol. The van der Waals surface area contributed by atoms with Crippen LogP contribution in [0.2, 0.25) is 0 Å². The number of carbonyl (C=O) groups is 5. The van der Waals surface area contributed by atoms with Crippen molar-refractivity contribution in [3.05, 3.63) is 153 Å². The second kappa shape index (κ2) is 29.4. The van der Waals surface area contributed by atoms with Gasteiger partial charge in [-0.1, -0.05) is 13.8 Å². The molecule has 21 nitrogen and oxygen atoms in total. The maximum absolute atomic E-state index is 13.4. The molecule has 0 unspecified atom stereocenters. The molecule has 105 heavy (non-hydrogen) atoms.